The molecule has 1 amide bonds. The van der Waals surface area contributed by atoms with Crippen LogP contribution in [-0.2, 0) is 6.42 Å². The number of amides is 1. The van der Waals surface area contributed by atoms with Crippen LogP contribution < -0.4 is 10.6 Å². The largest absolute Gasteiger partial charge is 0.465 e. The summed E-state index contributed by atoms with van der Waals surface area (Å²) in [5, 5.41) is 25.2. The number of nitrogens with zero attached hydrogens (tertiary/aromatic N) is 3. The van der Waals surface area contributed by atoms with Gasteiger partial charge in [-0.1, -0.05) is 0 Å². The van der Waals surface area contributed by atoms with Crippen LogP contribution in [0.4, 0.5) is 10.6 Å². The maximum absolute atomic E-state index is 10.8. The van der Waals surface area contributed by atoms with Gasteiger partial charge in [-0.15, -0.1) is 11.3 Å². The molecule has 0 bridgehead atoms. The van der Waals surface area contributed by atoms with Gasteiger partial charge in [-0.05, 0) is 50.0 Å². The normalized spacial score (nSPS) is 24.8. The Labute approximate surface area is 155 Å². The zero-order valence-corrected chi connectivity index (χ0v) is 15.2. The van der Waals surface area contributed by atoms with E-state index in [9.17, 15) is 4.79 Å². The molecule has 1 saturated carbocycles. The van der Waals surface area contributed by atoms with E-state index in [1.165, 1.54) is 10.4 Å². The smallest absolute Gasteiger partial charge is 0.404 e. The Balaban J connectivity index is 1.55. The fourth-order valence-corrected chi connectivity index (χ4v) is 5.48. The quantitative estimate of drug-likeness (QED) is 0.757. The summed E-state index contributed by atoms with van der Waals surface area (Å²) in [4.78, 5) is 22.1. The van der Waals surface area contributed by atoms with Crippen molar-refractivity contribution in [3.63, 3.8) is 0 Å². The highest BCUT2D eigenvalue weighted by Gasteiger charge is 2.30. The summed E-state index contributed by atoms with van der Waals surface area (Å²) >= 11 is 1.72. The number of nitriles is 1. The molecule has 2 aliphatic rings. The molecule has 8 heteroatoms. The minimum absolute atomic E-state index is 0.0429. The van der Waals surface area contributed by atoms with E-state index >= 15 is 0 Å². The molecule has 0 saturated heterocycles. The standard InChI is InChI=1S/C18H21N5O2S/c19-8-7-10-1-6-13-14(10)15-16(20-9-21-17(15)26-13)22-11-2-4-12(5-3-11)23-18(24)25/h9-12,23H,1-7H2,(H,24,25)(H,20,21,22)/t10-,11?,12?/m1/s1. The summed E-state index contributed by atoms with van der Waals surface area (Å²) in [6, 6.07) is 2.64. The topological polar surface area (TPSA) is 111 Å². The Kier molecular flexibility index (Phi) is 4.64. The van der Waals surface area contributed by atoms with Crippen LogP contribution in [0.2, 0.25) is 0 Å². The van der Waals surface area contributed by atoms with Gasteiger partial charge in [-0.2, -0.15) is 5.26 Å². The number of nitrogens with one attached hydrogen (secondary N) is 2. The summed E-state index contributed by atoms with van der Waals surface area (Å²) in [5.41, 5.74) is 1.27. The molecule has 3 N–H and O–H groups in total. The second-order valence-corrected chi connectivity index (χ2v) is 8.17. The lowest BCUT2D eigenvalue weighted by atomic mass is 9.91. The van der Waals surface area contributed by atoms with Crippen molar-refractivity contribution in [3.8, 4) is 6.07 Å². The molecule has 1 atom stereocenters. The highest BCUT2D eigenvalue weighted by Crippen LogP contribution is 2.46. The number of rotatable bonds is 4. The van der Waals surface area contributed by atoms with Gasteiger partial charge >= 0.3 is 6.09 Å². The minimum atomic E-state index is -0.948. The summed E-state index contributed by atoms with van der Waals surface area (Å²) in [7, 11) is 0. The lowest BCUT2D eigenvalue weighted by molar-refractivity contribution is 0.185. The molecule has 0 aliphatic heterocycles. The Bertz CT molecular complexity index is 866. The SMILES string of the molecule is N#CC[C@H]1CCc2sc3ncnc(NC4CCC(NC(=O)O)CC4)c3c21. The molecule has 136 valence electrons. The average molecular weight is 371 g/mol. The van der Waals surface area contributed by atoms with Crippen molar-refractivity contribution in [1.82, 2.24) is 15.3 Å². The molecular formula is C18H21N5O2S. The first kappa shape index (κ1) is 17.0. The molecule has 26 heavy (non-hydrogen) atoms. The third-order valence-electron chi connectivity index (χ3n) is 5.46. The molecule has 0 unspecified atom stereocenters. The number of carboxylic acid groups (broad SMARTS) is 1. The molecule has 2 aromatic heterocycles. The first-order chi connectivity index (χ1) is 12.7. The summed E-state index contributed by atoms with van der Waals surface area (Å²) in [6.07, 6.45) is 6.73. The summed E-state index contributed by atoms with van der Waals surface area (Å²) in [6.45, 7) is 0. The van der Waals surface area contributed by atoms with Crippen molar-refractivity contribution in [1.29, 1.82) is 5.26 Å². The van der Waals surface area contributed by atoms with Gasteiger partial charge in [0, 0.05) is 23.4 Å². The third-order valence-corrected chi connectivity index (χ3v) is 6.64. The lowest BCUT2D eigenvalue weighted by Gasteiger charge is -2.29. The van der Waals surface area contributed by atoms with E-state index in [-0.39, 0.29) is 18.0 Å². The van der Waals surface area contributed by atoms with Gasteiger partial charge in [0.2, 0.25) is 0 Å². The summed E-state index contributed by atoms with van der Waals surface area (Å²) < 4.78 is 0. The van der Waals surface area contributed by atoms with Crippen molar-refractivity contribution >= 4 is 33.5 Å². The molecule has 4 rings (SSSR count). The Hall–Kier alpha value is -2.40. The maximum Gasteiger partial charge on any atom is 0.404 e. The fraction of sp³-hybridized carbons (Fsp3) is 0.556. The molecule has 0 spiro atoms. The molecular weight excluding hydrogens is 350 g/mol. The zero-order chi connectivity index (χ0) is 18.1. The Morgan fingerprint density at radius 3 is 2.77 bits per heavy atom. The molecule has 7 nitrogen and oxygen atoms in total. The fourth-order valence-electron chi connectivity index (χ4n) is 4.24. The van der Waals surface area contributed by atoms with Gasteiger partial charge in [0.05, 0.1) is 11.5 Å². The molecule has 2 aromatic rings. The molecule has 2 heterocycles. The predicted molar refractivity (Wildman–Crippen MR) is 99.5 cm³/mol. The van der Waals surface area contributed by atoms with Crippen LogP contribution in [-0.4, -0.2) is 33.3 Å². The molecule has 2 aliphatic carbocycles. The zero-order valence-electron chi connectivity index (χ0n) is 14.4. The van der Waals surface area contributed by atoms with Crippen molar-refractivity contribution in [2.75, 3.05) is 5.32 Å². The van der Waals surface area contributed by atoms with E-state index in [1.54, 1.807) is 17.7 Å². The van der Waals surface area contributed by atoms with Gasteiger partial charge in [0.1, 0.15) is 17.0 Å². The van der Waals surface area contributed by atoms with Crippen LogP contribution in [0.3, 0.4) is 0 Å². The first-order valence-electron chi connectivity index (χ1n) is 9.05. The maximum atomic E-state index is 10.8. The van der Waals surface area contributed by atoms with Crippen molar-refractivity contribution in [2.24, 2.45) is 0 Å². The van der Waals surface area contributed by atoms with Crippen LogP contribution in [0.1, 0.15) is 54.9 Å². The number of thiophene rings is 1. The number of aromatic nitrogens is 2. The first-order valence-corrected chi connectivity index (χ1v) is 9.86. The number of anilines is 1. The number of aryl methyl sites for hydroxylation is 1. The van der Waals surface area contributed by atoms with Crippen LogP contribution in [0.25, 0.3) is 10.2 Å². The van der Waals surface area contributed by atoms with E-state index in [0.29, 0.717) is 6.42 Å². The molecule has 1 fully saturated rings. The number of fused-ring (bicyclic) bond motifs is 3. The third kappa shape index (κ3) is 3.19. The van der Waals surface area contributed by atoms with E-state index in [1.807, 2.05) is 0 Å². The van der Waals surface area contributed by atoms with Crippen LogP contribution >= 0.6 is 11.3 Å². The van der Waals surface area contributed by atoms with Gasteiger partial charge in [-0.25, -0.2) is 14.8 Å². The van der Waals surface area contributed by atoms with E-state index in [2.05, 4.69) is 26.7 Å². The number of hydrogen-bond acceptors (Lipinski definition) is 6. The van der Waals surface area contributed by atoms with E-state index in [0.717, 1.165) is 54.6 Å². The second-order valence-electron chi connectivity index (χ2n) is 7.08. The number of carbonyl (C=O) groups is 1. The van der Waals surface area contributed by atoms with Crippen LogP contribution in [0, 0.1) is 11.3 Å². The molecule has 0 aromatic carbocycles. The van der Waals surface area contributed by atoms with Crippen molar-refractivity contribution < 1.29 is 9.90 Å². The molecule has 0 radical (unpaired) electrons. The van der Waals surface area contributed by atoms with Crippen molar-refractivity contribution in [2.45, 2.75) is 62.9 Å². The van der Waals surface area contributed by atoms with E-state index in [4.69, 9.17) is 10.4 Å². The lowest BCUT2D eigenvalue weighted by Crippen LogP contribution is -2.39. The predicted octanol–water partition coefficient (Wildman–Crippen LogP) is 3.63. The van der Waals surface area contributed by atoms with Crippen LogP contribution in [0.15, 0.2) is 6.33 Å². The average Bonchev–Trinajstić information content (AvgIpc) is 3.17. The van der Waals surface area contributed by atoms with E-state index < -0.39 is 6.09 Å². The highest BCUT2D eigenvalue weighted by atomic mass is 32.1. The van der Waals surface area contributed by atoms with Gasteiger partial charge in [-0.3, -0.25) is 0 Å². The van der Waals surface area contributed by atoms with Crippen molar-refractivity contribution in [3.05, 3.63) is 16.8 Å². The van der Waals surface area contributed by atoms with Crippen LogP contribution in [0.5, 0.6) is 0 Å². The minimum Gasteiger partial charge on any atom is -0.465 e. The monoisotopic (exact) mass is 371 g/mol. The Morgan fingerprint density at radius 1 is 1.27 bits per heavy atom. The van der Waals surface area contributed by atoms with Gasteiger partial charge < -0.3 is 15.7 Å². The highest BCUT2D eigenvalue weighted by molar-refractivity contribution is 7.19. The Morgan fingerprint density at radius 2 is 2.04 bits per heavy atom. The van der Waals surface area contributed by atoms with Gasteiger partial charge in [0.25, 0.3) is 0 Å². The van der Waals surface area contributed by atoms with Gasteiger partial charge in [0.15, 0.2) is 0 Å². The second kappa shape index (κ2) is 7.08. The number of hydrogen-bond donors (Lipinski definition) is 3. The summed E-state index contributed by atoms with van der Waals surface area (Å²) in [5.74, 6) is 1.15.